The number of aromatic nitrogens is 1. The number of hydrogen-bond acceptors (Lipinski definition) is 7. The maximum atomic E-state index is 12.8. The Bertz CT molecular complexity index is 1330. The lowest BCUT2D eigenvalue weighted by atomic mass is 10.2. The summed E-state index contributed by atoms with van der Waals surface area (Å²) in [5, 5.41) is 2.28. The second-order valence-corrected chi connectivity index (χ2v) is 11.2. The van der Waals surface area contributed by atoms with Gasteiger partial charge < -0.3 is 24.6 Å². The molecule has 3 rings (SSSR count). The van der Waals surface area contributed by atoms with Crippen LogP contribution in [-0.2, 0) is 14.4 Å². The Morgan fingerprint density at radius 2 is 1.65 bits per heavy atom. The standard InChI is InChI=1S/C22H23N2O8PS/c1-14(2)31-17-10-15(22(25)24-21-9-6-19(13-23-21)33(26,27)28)11-18(12-17)32-16-4-7-20(8-5-16)34(3,29)30/h4-14H,1-3H3,(H,23,24,25)(H2,26,27,28). The fraction of sp³-hybridized carbons (Fsp3) is 0.182. The average molecular weight is 506 g/mol. The second kappa shape index (κ2) is 9.94. The number of nitrogens with zero attached hydrogens (tertiary/aromatic N) is 1. The predicted octanol–water partition coefficient (Wildman–Crippen LogP) is 3.12. The van der Waals surface area contributed by atoms with Crippen LogP contribution in [0.1, 0.15) is 24.2 Å². The zero-order chi connectivity index (χ0) is 25.1. The first kappa shape index (κ1) is 25.4. The summed E-state index contributed by atoms with van der Waals surface area (Å²) in [7, 11) is -7.79. The van der Waals surface area contributed by atoms with Crippen LogP contribution in [0.25, 0.3) is 0 Å². The Morgan fingerprint density at radius 3 is 2.18 bits per heavy atom. The van der Waals surface area contributed by atoms with E-state index in [-0.39, 0.29) is 33.4 Å². The van der Waals surface area contributed by atoms with Crippen LogP contribution in [0.5, 0.6) is 17.2 Å². The zero-order valence-electron chi connectivity index (χ0n) is 18.5. The van der Waals surface area contributed by atoms with Crippen molar-refractivity contribution in [2.75, 3.05) is 11.6 Å². The number of hydrogen-bond donors (Lipinski definition) is 3. The molecule has 1 heterocycles. The molecule has 3 N–H and O–H groups in total. The number of anilines is 1. The van der Waals surface area contributed by atoms with Gasteiger partial charge in [0.1, 0.15) is 23.1 Å². The van der Waals surface area contributed by atoms with E-state index < -0.39 is 23.3 Å². The van der Waals surface area contributed by atoms with Gasteiger partial charge in [-0.3, -0.25) is 9.36 Å². The first-order chi connectivity index (χ1) is 15.8. The van der Waals surface area contributed by atoms with E-state index >= 15 is 0 Å². The van der Waals surface area contributed by atoms with Gasteiger partial charge in [-0.1, -0.05) is 0 Å². The third-order valence-corrected chi connectivity index (χ3v) is 6.39. The molecular weight excluding hydrogens is 483 g/mol. The van der Waals surface area contributed by atoms with E-state index in [1.54, 1.807) is 6.07 Å². The van der Waals surface area contributed by atoms with E-state index in [4.69, 9.17) is 9.47 Å². The number of benzene rings is 2. The van der Waals surface area contributed by atoms with E-state index in [9.17, 15) is 27.6 Å². The predicted molar refractivity (Wildman–Crippen MR) is 126 cm³/mol. The highest BCUT2D eigenvalue weighted by Crippen LogP contribution is 2.33. The van der Waals surface area contributed by atoms with E-state index in [2.05, 4.69) is 10.3 Å². The molecule has 0 unspecified atom stereocenters. The SMILES string of the molecule is CC(C)Oc1cc(Oc2ccc(S(C)(=O)=O)cc2)cc(C(=O)Nc2ccc(P(=O)(O)O)cn2)c1. The highest BCUT2D eigenvalue weighted by molar-refractivity contribution is 7.90. The minimum Gasteiger partial charge on any atom is -0.491 e. The molecule has 0 aliphatic heterocycles. The van der Waals surface area contributed by atoms with E-state index in [0.717, 1.165) is 12.5 Å². The van der Waals surface area contributed by atoms with Crippen LogP contribution in [0.15, 0.2) is 65.7 Å². The van der Waals surface area contributed by atoms with Gasteiger partial charge in [-0.25, -0.2) is 13.4 Å². The fourth-order valence-corrected chi connectivity index (χ4v) is 3.92. The summed E-state index contributed by atoms with van der Waals surface area (Å²) in [6, 6.07) is 12.9. The number of sulfone groups is 1. The second-order valence-electron chi connectivity index (χ2n) is 7.61. The lowest BCUT2D eigenvalue weighted by Crippen LogP contribution is -2.15. The molecule has 0 saturated carbocycles. The molecule has 0 fully saturated rings. The summed E-state index contributed by atoms with van der Waals surface area (Å²) >= 11 is 0. The summed E-state index contributed by atoms with van der Waals surface area (Å²) in [6.45, 7) is 3.65. The largest absolute Gasteiger partial charge is 0.491 e. The van der Waals surface area contributed by atoms with Crippen LogP contribution < -0.4 is 20.1 Å². The van der Waals surface area contributed by atoms with Crippen molar-refractivity contribution in [1.82, 2.24) is 4.98 Å². The van der Waals surface area contributed by atoms with Crippen molar-refractivity contribution in [3.05, 3.63) is 66.4 Å². The Labute approximate surface area is 196 Å². The van der Waals surface area contributed by atoms with Gasteiger partial charge in [0.05, 0.1) is 16.3 Å². The van der Waals surface area contributed by atoms with Crippen molar-refractivity contribution in [3.63, 3.8) is 0 Å². The third kappa shape index (κ3) is 6.88. The minimum absolute atomic E-state index is 0.0937. The Balaban J connectivity index is 1.86. The molecule has 10 nitrogen and oxygen atoms in total. The quantitative estimate of drug-likeness (QED) is 0.391. The summed E-state index contributed by atoms with van der Waals surface area (Å²) in [4.78, 5) is 35.2. The van der Waals surface area contributed by atoms with Crippen molar-refractivity contribution in [3.8, 4) is 17.2 Å². The molecule has 0 aliphatic carbocycles. The van der Waals surface area contributed by atoms with Crippen LogP contribution in [0.2, 0.25) is 0 Å². The van der Waals surface area contributed by atoms with Crippen LogP contribution in [-0.4, -0.2) is 41.5 Å². The number of ether oxygens (including phenoxy) is 2. The lowest BCUT2D eigenvalue weighted by molar-refractivity contribution is 0.102. The smallest absolute Gasteiger partial charge is 0.357 e. The van der Waals surface area contributed by atoms with E-state index in [1.807, 2.05) is 13.8 Å². The molecule has 1 aromatic heterocycles. The molecule has 0 aliphatic rings. The van der Waals surface area contributed by atoms with E-state index in [0.29, 0.717) is 11.5 Å². The number of amides is 1. The van der Waals surface area contributed by atoms with Gasteiger partial charge >= 0.3 is 7.60 Å². The van der Waals surface area contributed by atoms with Gasteiger partial charge in [-0.05, 0) is 62.4 Å². The third-order valence-electron chi connectivity index (χ3n) is 4.33. The maximum absolute atomic E-state index is 12.8. The van der Waals surface area contributed by atoms with Crippen molar-refractivity contribution < 1.29 is 37.0 Å². The summed E-state index contributed by atoms with van der Waals surface area (Å²) in [6.07, 6.45) is 1.92. The van der Waals surface area contributed by atoms with Gasteiger partial charge in [0.25, 0.3) is 5.91 Å². The van der Waals surface area contributed by atoms with Crippen LogP contribution in [0.3, 0.4) is 0 Å². The first-order valence-electron chi connectivity index (χ1n) is 9.94. The Morgan fingerprint density at radius 1 is 1.00 bits per heavy atom. The summed E-state index contributed by atoms with van der Waals surface area (Å²) < 4.78 is 46.1. The molecular formula is C22H23N2O8PS. The molecule has 180 valence electrons. The molecule has 34 heavy (non-hydrogen) atoms. The van der Waals surface area contributed by atoms with Crippen molar-refractivity contribution >= 4 is 34.5 Å². The highest BCUT2D eigenvalue weighted by atomic mass is 32.2. The molecule has 3 aromatic rings. The molecule has 12 heteroatoms. The normalized spacial score (nSPS) is 11.8. The fourth-order valence-electron chi connectivity index (χ4n) is 2.81. The highest BCUT2D eigenvalue weighted by Gasteiger charge is 2.18. The van der Waals surface area contributed by atoms with Crippen LogP contribution in [0, 0.1) is 0 Å². The minimum atomic E-state index is -4.44. The monoisotopic (exact) mass is 506 g/mol. The van der Waals surface area contributed by atoms with Crippen molar-refractivity contribution in [2.24, 2.45) is 0 Å². The topological polar surface area (TPSA) is 152 Å². The van der Waals surface area contributed by atoms with Crippen LogP contribution >= 0.6 is 7.60 Å². The van der Waals surface area contributed by atoms with Gasteiger partial charge in [0.2, 0.25) is 0 Å². The van der Waals surface area contributed by atoms with Gasteiger partial charge in [-0.2, -0.15) is 0 Å². The average Bonchev–Trinajstić information content (AvgIpc) is 2.72. The zero-order valence-corrected chi connectivity index (χ0v) is 20.2. The van der Waals surface area contributed by atoms with Crippen LogP contribution in [0.4, 0.5) is 5.82 Å². The number of carbonyl (C=O) groups excluding carboxylic acids is 1. The van der Waals surface area contributed by atoms with Crippen molar-refractivity contribution in [1.29, 1.82) is 0 Å². The maximum Gasteiger partial charge on any atom is 0.357 e. The molecule has 0 saturated heterocycles. The number of pyridine rings is 1. The number of carbonyl (C=O) groups is 1. The summed E-state index contributed by atoms with van der Waals surface area (Å²) in [5.74, 6) is 0.546. The molecule has 0 radical (unpaired) electrons. The number of nitrogens with one attached hydrogen (secondary N) is 1. The summed E-state index contributed by atoms with van der Waals surface area (Å²) in [5.41, 5.74) is 0.182. The van der Waals surface area contributed by atoms with E-state index in [1.165, 1.54) is 48.5 Å². The molecule has 0 bridgehead atoms. The molecule has 0 spiro atoms. The van der Waals surface area contributed by atoms with Gasteiger partial charge in [0, 0.05) is 24.1 Å². The lowest BCUT2D eigenvalue weighted by Gasteiger charge is -2.14. The van der Waals surface area contributed by atoms with Gasteiger partial charge in [-0.15, -0.1) is 0 Å². The molecule has 0 atom stereocenters. The molecule has 2 aromatic carbocycles. The van der Waals surface area contributed by atoms with Crippen molar-refractivity contribution in [2.45, 2.75) is 24.8 Å². The Kier molecular flexibility index (Phi) is 7.42. The Hall–Kier alpha value is -3.24. The number of rotatable bonds is 8. The first-order valence-corrected chi connectivity index (χ1v) is 13.4. The molecule has 1 amide bonds. The van der Waals surface area contributed by atoms with Gasteiger partial charge in [0.15, 0.2) is 9.84 Å².